The van der Waals surface area contributed by atoms with Crippen molar-refractivity contribution in [1.82, 2.24) is 29.5 Å². The zero-order chi connectivity index (χ0) is 54.2. The number of piperidine rings is 2. The van der Waals surface area contributed by atoms with Gasteiger partial charge in [0, 0.05) is 54.8 Å². The molecule has 0 aliphatic carbocycles. The Kier molecular flexibility index (Phi) is 17.9. The molecule has 5 aromatic rings. The van der Waals surface area contributed by atoms with E-state index in [1.807, 2.05) is 38.7 Å². The highest BCUT2D eigenvalue weighted by Crippen LogP contribution is 2.44. The number of thiazole rings is 2. The number of benzene rings is 2. The van der Waals surface area contributed by atoms with Crippen LogP contribution in [-0.4, -0.2) is 86.4 Å². The number of aryl methyl sites for hydroxylation is 1. The van der Waals surface area contributed by atoms with Gasteiger partial charge in [-0.2, -0.15) is 5.10 Å². The molecule has 7 rings (SSSR count). The fraction of sp³-hybridized carbons (Fsp3) is 0.586. The number of ether oxygens (including phenoxy) is 2. The van der Waals surface area contributed by atoms with Crippen molar-refractivity contribution >= 4 is 63.8 Å². The van der Waals surface area contributed by atoms with Crippen molar-refractivity contribution in [2.45, 2.75) is 189 Å². The fourth-order valence-corrected chi connectivity index (χ4v) is 11.6. The SMILES string of the molecule is CC(C)(C)OC(=O)N1CCC(c2nc(-c3cc(C(C)(C)C)cc(C(C)(C)C)c3)c(Cl)s2)CC1.COC(=O)Cc1cc(C)n(CC(=O)N2CCC(c3nc(-c4cc(C(C)(C)C)cc(C(C)(C)C)c4)c(Cl)s3)CC2)n1. The lowest BCUT2D eigenvalue weighted by Gasteiger charge is -2.32. The molecule has 15 heteroatoms. The highest BCUT2D eigenvalue weighted by molar-refractivity contribution is 7.16. The van der Waals surface area contributed by atoms with Crippen LogP contribution in [0.1, 0.15) is 185 Å². The van der Waals surface area contributed by atoms with Crippen molar-refractivity contribution in [3.05, 3.63) is 94.8 Å². The quantitative estimate of drug-likeness (QED) is 0.141. The van der Waals surface area contributed by atoms with Crippen LogP contribution in [-0.2, 0) is 53.7 Å². The first kappa shape index (κ1) is 58.0. The van der Waals surface area contributed by atoms with Crippen LogP contribution in [0.4, 0.5) is 4.79 Å². The third-order valence-electron chi connectivity index (χ3n) is 13.6. The number of amides is 2. The maximum absolute atomic E-state index is 13.1. The molecule has 2 aliphatic rings. The Labute approximate surface area is 453 Å². The lowest BCUT2D eigenvalue weighted by Crippen LogP contribution is -2.41. The Morgan fingerprint density at radius 3 is 1.34 bits per heavy atom. The number of esters is 1. The van der Waals surface area contributed by atoms with E-state index in [0.29, 0.717) is 37.8 Å². The van der Waals surface area contributed by atoms with Gasteiger partial charge in [-0.15, -0.1) is 22.7 Å². The lowest BCUT2D eigenvalue weighted by molar-refractivity contribution is -0.139. The van der Waals surface area contributed by atoms with Gasteiger partial charge in [0.2, 0.25) is 5.91 Å². The minimum absolute atomic E-state index is 0.0122. The molecule has 0 N–H and O–H groups in total. The molecule has 0 saturated carbocycles. The molecule has 0 bridgehead atoms. The van der Waals surface area contributed by atoms with Crippen molar-refractivity contribution in [1.29, 1.82) is 0 Å². The summed E-state index contributed by atoms with van der Waals surface area (Å²) in [4.78, 5) is 50.8. The average Bonchev–Trinajstić information content (AvgIpc) is 3.99. The second-order valence-corrected chi connectivity index (χ2v) is 28.3. The molecule has 0 spiro atoms. The molecule has 2 amide bonds. The Morgan fingerprint density at radius 1 is 0.603 bits per heavy atom. The van der Waals surface area contributed by atoms with Crippen LogP contribution >= 0.6 is 45.9 Å². The molecule has 0 unspecified atom stereocenters. The van der Waals surface area contributed by atoms with E-state index in [-0.39, 0.29) is 58.5 Å². The highest BCUT2D eigenvalue weighted by atomic mass is 35.5. The van der Waals surface area contributed by atoms with Gasteiger partial charge in [-0.05, 0) is 128 Å². The third-order valence-corrected chi connectivity index (χ3v) is 16.5. The number of carbonyl (C=O) groups excluding carboxylic acids is 3. The zero-order valence-corrected chi connectivity index (χ0v) is 49.7. The Balaban J connectivity index is 0.000000243. The molecular weight excluding hydrogens is 996 g/mol. The fourth-order valence-electron chi connectivity index (χ4n) is 8.88. The second-order valence-electron chi connectivity index (χ2n) is 25.0. The van der Waals surface area contributed by atoms with Gasteiger partial charge in [0.1, 0.15) is 32.2 Å². The summed E-state index contributed by atoms with van der Waals surface area (Å²) < 4.78 is 13.4. The van der Waals surface area contributed by atoms with Crippen LogP contribution in [0.2, 0.25) is 8.67 Å². The summed E-state index contributed by atoms with van der Waals surface area (Å²) in [6.45, 7) is 37.3. The molecule has 2 aliphatic heterocycles. The van der Waals surface area contributed by atoms with Crippen LogP contribution in [0.25, 0.3) is 22.5 Å². The number of methoxy groups -OCH3 is 1. The van der Waals surface area contributed by atoms with Gasteiger partial charge >= 0.3 is 12.1 Å². The lowest BCUT2D eigenvalue weighted by atomic mass is 9.79. The van der Waals surface area contributed by atoms with Crippen LogP contribution in [0.15, 0.2) is 42.5 Å². The topological polar surface area (TPSA) is 120 Å². The number of likely N-dealkylation sites (tertiary alicyclic amines) is 2. The van der Waals surface area contributed by atoms with Crippen LogP contribution < -0.4 is 0 Å². The normalized spacial score (nSPS) is 15.5. The molecule has 11 nitrogen and oxygen atoms in total. The summed E-state index contributed by atoms with van der Waals surface area (Å²) >= 11 is 16.7. The summed E-state index contributed by atoms with van der Waals surface area (Å²) in [5, 5.41) is 6.53. The Morgan fingerprint density at radius 2 is 0.986 bits per heavy atom. The summed E-state index contributed by atoms with van der Waals surface area (Å²) in [6.07, 6.45) is 3.30. The highest BCUT2D eigenvalue weighted by Gasteiger charge is 2.32. The molecular formula is C58H80Cl2N6O5S2. The number of aromatic nitrogens is 4. The maximum Gasteiger partial charge on any atom is 0.410 e. The standard InChI is InChI=1S/C31H41ClN4O3S.C27H39ClN2O2S/c1-19-13-24(17-26(38)39-8)34-36(19)18-25(37)35-11-9-20(10-12-35)29-33-27(28(32)40-29)21-14-22(30(2,3)4)16-23(15-21)31(5,6)7;1-25(2,3)19-14-18(15-20(16-19)26(4,5)6)21-22(28)33-23(29-21)17-10-12-30(13-11-17)24(31)32-27(7,8)9/h13-16,20H,9-12,17-18H2,1-8H3;14-17H,10-13H2,1-9H3. The summed E-state index contributed by atoms with van der Waals surface area (Å²) in [7, 11) is 1.35. The van der Waals surface area contributed by atoms with E-state index in [1.54, 1.807) is 32.3 Å². The predicted molar refractivity (Wildman–Crippen MR) is 301 cm³/mol. The molecule has 3 aromatic heterocycles. The third kappa shape index (κ3) is 15.2. The first-order chi connectivity index (χ1) is 33.7. The first-order valence-corrected chi connectivity index (χ1v) is 28.1. The molecule has 5 heterocycles. The Hall–Kier alpha value is -4.30. The van der Waals surface area contributed by atoms with Gasteiger partial charge in [-0.3, -0.25) is 14.3 Å². The number of hydrogen-bond acceptors (Lipinski definition) is 10. The zero-order valence-electron chi connectivity index (χ0n) is 46.6. The molecule has 2 fully saturated rings. The van der Waals surface area contributed by atoms with E-state index < -0.39 is 5.60 Å². The summed E-state index contributed by atoms with van der Waals surface area (Å²) in [5.41, 5.74) is 10.1. The van der Waals surface area contributed by atoms with Crippen molar-refractivity contribution in [2.75, 3.05) is 33.3 Å². The number of nitrogens with zero attached hydrogens (tertiary/aromatic N) is 6. The Bertz CT molecular complexity index is 2700. The van der Waals surface area contributed by atoms with Crippen LogP contribution in [0, 0.1) is 6.92 Å². The maximum atomic E-state index is 13.1. The van der Waals surface area contributed by atoms with Crippen LogP contribution in [0.3, 0.4) is 0 Å². The van der Waals surface area contributed by atoms with E-state index >= 15 is 0 Å². The number of hydrogen-bond donors (Lipinski definition) is 0. The molecule has 0 radical (unpaired) electrons. The van der Waals surface area contributed by atoms with E-state index in [2.05, 4.69) is 125 Å². The van der Waals surface area contributed by atoms with Gasteiger partial charge in [0.15, 0.2) is 0 Å². The molecule has 73 heavy (non-hydrogen) atoms. The van der Waals surface area contributed by atoms with E-state index in [4.69, 9.17) is 42.6 Å². The largest absolute Gasteiger partial charge is 0.469 e. The first-order valence-electron chi connectivity index (χ1n) is 25.7. The van der Waals surface area contributed by atoms with Crippen molar-refractivity contribution in [3.63, 3.8) is 0 Å². The van der Waals surface area contributed by atoms with E-state index in [1.165, 1.54) is 29.4 Å². The molecule has 398 valence electrons. The second kappa shape index (κ2) is 22.5. The molecule has 0 atom stereocenters. The van der Waals surface area contributed by atoms with Crippen molar-refractivity contribution < 1.29 is 23.9 Å². The summed E-state index contributed by atoms with van der Waals surface area (Å²) in [6, 6.07) is 15.4. The minimum Gasteiger partial charge on any atom is -0.469 e. The number of rotatable bonds is 8. The van der Waals surface area contributed by atoms with Crippen LogP contribution in [0.5, 0.6) is 0 Å². The number of halogens is 2. The van der Waals surface area contributed by atoms with Gasteiger partial charge in [0.05, 0.1) is 29.2 Å². The monoisotopic (exact) mass is 1070 g/mol. The van der Waals surface area contributed by atoms with Crippen molar-refractivity contribution in [2.24, 2.45) is 0 Å². The minimum atomic E-state index is -0.473. The predicted octanol–water partition coefficient (Wildman–Crippen LogP) is 14.9. The van der Waals surface area contributed by atoms with Gasteiger partial charge in [-0.25, -0.2) is 14.8 Å². The molecule has 2 aromatic carbocycles. The summed E-state index contributed by atoms with van der Waals surface area (Å²) in [5.74, 6) is 0.264. The van der Waals surface area contributed by atoms with Gasteiger partial charge < -0.3 is 19.3 Å². The van der Waals surface area contributed by atoms with Crippen molar-refractivity contribution in [3.8, 4) is 22.5 Å². The van der Waals surface area contributed by atoms with E-state index in [0.717, 1.165) is 72.6 Å². The van der Waals surface area contributed by atoms with Gasteiger partial charge in [0.25, 0.3) is 0 Å². The van der Waals surface area contributed by atoms with E-state index in [9.17, 15) is 14.4 Å². The molecule has 2 saturated heterocycles. The number of carbonyl (C=O) groups is 3. The average molecular weight is 1080 g/mol. The van der Waals surface area contributed by atoms with Gasteiger partial charge in [-0.1, -0.05) is 118 Å². The smallest absolute Gasteiger partial charge is 0.410 e.